The quantitative estimate of drug-likeness (QED) is 0.246. The van der Waals surface area contributed by atoms with Crippen LogP contribution in [0.5, 0.6) is 0 Å². The number of carbonyl (C=O) groups is 2. The standard InChI is InChI=1S/C36H38N2O2/c1-22(39)35-29-10-7-9-24(29)18-31-26(17-28(21-33(31)35)38-14-4-5-15-38)19-34(40)36-30-11-6-8-23(30)16-25-12-13-27(37(2)3)20-32(25)36/h12-13,16-18,20-21H,4-11,14-15,19H2,1-3H3. The van der Waals surface area contributed by atoms with Gasteiger partial charge in [0.05, 0.1) is 0 Å². The number of rotatable bonds is 6. The van der Waals surface area contributed by atoms with Gasteiger partial charge in [-0.3, -0.25) is 9.59 Å². The molecular formula is C36H38N2O2. The summed E-state index contributed by atoms with van der Waals surface area (Å²) in [5, 5.41) is 4.36. The fourth-order valence-electron chi connectivity index (χ4n) is 7.64. The van der Waals surface area contributed by atoms with Gasteiger partial charge in [-0.05, 0) is 132 Å². The Bertz CT molecular complexity index is 1710. The lowest BCUT2D eigenvalue weighted by atomic mass is 9.87. The van der Waals surface area contributed by atoms with E-state index in [1.165, 1.54) is 35.1 Å². The van der Waals surface area contributed by atoms with Crippen molar-refractivity contribution in [1.82, 2.24) is 0 Å². The number of ketones is 2. The largest absolute Gasteiger partial charge is 0.378 e. The molecule has 1 aliphatic heterocycles. The second kappa shape index (κ2) is 9.76. The summed E-state index contributed by atoms with van der Waals surface area (Å²) in [6, 6.07) is 15.6. The fourth-order valence-corrected chi connectivity index (χ4v) is 7.64. The Labute approximate surface area is 237 Å². The molecule has 204 valence electrons. The van der Waals surface area contributed by atoms with Crippen LogP contribution in [0, 0.1) is 0 Å². The van der Waals surface area contributed by atoms with Gasteiger partial charge in [0.25, 0.3) is 0 Å². The molecule has 0 spiro atoms. The van der Waals surface area contributed by atoms with E-state index in [-0.39, 0.29) is 11.6 Å². The summed E-state index contributed by atoms with van der Waals surface area (Å²) >= 11 is 0. The average molecular weight is 531 g/mol. The van der Waals surface area contributed by atoms with Crippen LogP contribution in [-0.2, 0) is 32.1 Å². The number of nitrogens with zero attached hydrogens (tertiary/aromatic N) is 2. The molecule has 3 aliphatic rings. The van der Waals surface area contributed by atoms with Gasteiger partial charge in [0.1, 0.15) is 0 Å². The SMILES string of the molecule is CC(=O)c1c2c(cc3c(CC(=O)c4c5c(cc6ccc(N(C)C)cc46)CCC5)cc(N4CCCC4)cc13)CCC2. The molecular weight excluding hydrogens is 492 g/mol. The minimum Gasteiger partial charge on any atom is -0.378 e. The van der Waals surface area contributed by atoms with Crippen molar-refractivity contribution < 1.29 is 9.59 Å². The van der Waals surface area contributed by atoms with E-state index in [0.717, 1.165) is 101 Å². The van der Waals surface area contributed by atoms with Gasteiger partial charge in [0.2, 0.25) is 0 Å². The second-order valence-electron chi connectivity index (χ2n) is 12.3. The molecule has 7 rings (SSSR count). The Morgan fingerprint density at radius 3 is 2.15 bits per heavy atom. The Morgan fingerprint density at radius 1 is 0.750 bits per heavy atom. The van der Waals surface area contributed by atoms with Crippen LogP contribution in [0.25, 0.3) is 21.5 Å². The predicted molar refractivity (Wildman–Crippen MR) is 166 cm³/mol. The highest BCUT2D eigenvalue weighted by Gasteiger charge is 2.27. The van der Waals surface area contributed by atoms with E-state index in [4.69, 9.17) is 0 Å². The Hall–Kier alpha value is -3.66. The molecule has 0 atom stereocenters. The number of fused-ring (bicyclic) bond motifs is 4. The van der Waals surface area contributed by atoms with Gasteiger partial charge in [0.15, 0.2) is 11.6 Å². The Kier molecular flexibility index (Phi) is 6.18. The molecule has 1 fully saturated rings. The molecule has 2 aliphatic carbocycles. The van der Waals surface area contributed by atoms with Crippen LogP contribution >= 0.6 is 0 Å². The van der Waals surface area contributed by atoms with Gasteiger partial charge in [-0.1, -0.05) is 18.2 Å². The van der Waals surface area contributed by atoms with E-state index in [9.17, 15) is 9.59 Å². The first-order valence-electron chi connectivity index (χ1n) is 15.1. The van der Waals surface area contributed by atoms with Gasteiger partial charge in [0, 0.05) is 56.1 Å². The summed E-state index contributed by atoms with van der Waals surface area (Å²) in [6.45, 7) is 3.77. The molecule has 4 heteroatoms. The lowest BCUT2D eigenvalue weighted by Gasteiger charge is -2.22. The summed E-state index contributed by atoms with van der Waals surface area (Å²) < 4.78 is 0. The first-order chi connectivity index (χ1) is 19.4. The summed E-state index contributed by atoms with van der Waals surface area (Å²) in [5.41, 5.74) is 10.3. The molecule has 0 radical (unpaired) electrons. The molecule has 4 aromatic carbocycles. The van der Waals surface area contributed by atoms with Crippen molar-refractivity contribution in [2.45, 2.75) is 64.7 Å². The smallest absolute Gasteiger partial charge is 0.168 e. The summed E-state index contributed by atoms with van der Waals surface area (Å²) in [4.78, 5) is 32.1. The normalized spacial score (nSPS) is 16.1. The van der Waals surface area contributed by atoms with Crippen LogP contribution in [0.2, 0.25) is 0 Å². The maximum absolute atomic E-state index is 14.5. The molecule has 0 amide bonds. The van der Waals surface area contributed by atoms with Crippen LogP contribution < -0.4 is 9.80 Å². The van der Waals surface area contributed by atoms with Crippen molar-refractivity contribution in [3.8, 4) is 0 Å². The maximum Gasteiger partial charge on any atom is 0.168 e. The molecule has 0 N–H and O–H groups in total. The number of anilines is 2. The van der Waals surface area contributed by atoms with E-state index in [0.29, 0.717) is 6.42 Å². The van der Waals surface area contributed by atoms with Gasteiger partial charge in [-0.15, -0.1) is 0 Å². The maximum atomic E-state index is 14.5. The molecule has 4 nitrogen and oxygen atoms in total. The molecule has 40 heavy (non-hydrogen) atoms. The monoisotopic (exact) mass is 530 g/mol. The van der Waals surface area contributed by atoms with E-state index in [2.05, 4.69) is 66.4 Å². The topological polar surface area (TPSA) is 40.6 Å². The molecule has 1 heterocycles. The number of carbonyl (C=O) groups excluding carboxylic acids is 2. The highest BCUT2D eigenvalue weighted by atomic mass is 16.1. The van der Waals surface area contributed by atoms with Crippen LogP contribution in [0.1, 0.15) is 81.1 Å². The highest BCUT2D eigenvalue weighted by molar-refractivity contribution is 6.14. The van der Waals surface area contributed by atoms with E-state index < -0.39 is 0 Å². The predicted octanol–water partition coefficient (Wildman–Crippen LogP) is 7.26. The summed E-state index contributed by atoms with van der Waals surface area (Å²) in [7, 11) is 4.11. The van der Waals surface area contributed by atoms with Crippen LogP contribution in [0.3, 0.4) is 0 Å². The zero-order chi connectivity index (χ0) is 27.5. The van der Waals surface area contributed by atoms with Crippen molar-refractivity contribution >= 4 is 44.5 Å². The molecule has 1 saturated heterocycles. The van der Waals surface area contributed by atoms with Crippen molar-refractivity contribution in [2.75, 3.05) is 37.0 Å². The van der Waals surface area contributed by atoms with Crippen LogP contribution in [0.15, 0.2) is 42.5 Å². The Balaban J connectivity index is 1.42. The van der Waals surface area contributed by atoms with Gasteiger partial charge < -0.3 is 9.80 Å². The lowest BCUT2D eigenvalue weighted by Crippen LogP contribution is -2.18. The molecule has 4 aromatic rings. The fraction of sp³-hybridized carbons (Fsp3) is 0.389. The van der Waals surface area contributed by atoms with Crippen molar-refractivity contribution in [3.05, 3.63) is 81.4 Å². The molecule has 0 aromatic heterocycles. The zero-order valence-corrected chi connectivity index (χ0v) is 24.0. The Morgan fingerprint density at radius 2 is 1.45 bits per heavy atom. The first kappa shape index (κ1) is 25.3. The summed E-state index contributed by atoms with van der Waals surface area (Å²) in [6.07, 6.45) is 8.92. The third kappa shape index (κ3) is 4.11. The third-order valence-corrected chi connectivity index (χ3v) is 9.57. The van der Waals surface area contributed by atoms with Gasteiger partial charge >= 0.3 is 0 Å². The van der Waals surface area contributed by atoms with Crippen molar-refractivity contribution in [2.24, 2.45) is 0 Å². The van der Waals surface area contributed by atoms with E-state index >= 15 is 0 Å². The van der Waals surface area contributed by atoms with E-state index in [1.54, 1.807) is 6.92 Å². The number of aryl methyl sites for hydroxylation is 2. The first-order valence-corrected chi connectivity index (χ1v) is 15.1. The van der Waals surface area contributed by atoms with Gasteiger partial charge in [-0.25, -0.2) is 0 Å². The molecule has 0 unspecified atom stereocenters. The van der Waals surface area contributed by atoms with Crippen LogP contribution in [0.4, 0.5) is 11.4 Å². The highest BCUT2D eigenvalue weighted by Crippen LogP contribution is 2.39. The number of Topliss-reactive ketones (excluding diaryl/α,β-unsaturated/α-hetero) is 2. The summed E-state index contributed by atoms with van der Waals surface area (Å²) in [5.74, 6) is 0.340. The third-order valence-electron chi connectivity index (χ3n) is 9.57. The minimum atomic E-state index is 0.141. The zero-order valence-electron chi connectivity index (χ0n) is 24.0. The van der Waals surface area contributed by atoms with Crippen LogP contribution in [-0.4, -0.2) is 38.8 Å². The van der Waals surface area contributed by atoms with Crippen molar-refractivity contribution in [1.29, 1.82) is 0 Å². The average Bonchev–Trinajstić information content (AvgIpc) is 3.71. The lowest BCUT2D eigenvalue weighted by molar-refractivity contribution is 0.0991. The number of hydrogen-bond acceptors (Lipinski definition) is 4. The number of hydrogen-bond donors (Lipinski definition) is 0. The number of benzene rings is 4. The van der Waals surface area contributed by atoms with Crippen molar-refractivity contribution in [3.63, 3.8) is 0 Å². The van der Waals surface area contributed by atoms with Gasteiger partial charge in [-0.2, -0.15) is 0 Å². The molecule has 0 bridgehead atoms. The minimum absolute atomic E-state index is 0.141. The second-order valence-corrected chi connectivity index (χ2v) is 12.3. The molecule has 0 saturated carbocycles. The van der Waals surface area contributed by atoms with E-state index in [1.807, 2.05) is 0 Å².